The predicted octanol–water partition coefficient (Wildman–Crippen LogP) is 4.74. The molecule has 0 N–H and O–H groups in total. The Balaban J connectivity index is 1.46. The van der Waals surface area contributed by atoms with Gasteiger partial charge >= 0.3 is 11.9 Å². The Morgan fingerprint density at radius 1 is 0.794 bits per heavy atom. The summed E-state index contributed by atoms with van der Waals surface area (Å²) in [6.07, 6.45) is 1.23. The highest BCUT2D eigenvalue weighted by atomic mass is 16.5. The molecule has 1 aromatic heterocycles. The highest BCUT2D eigenvalue weighted by molar-refractivity contribution is 5.89. The number of rotatable bonds is 7. The van der Waals surface area contributed by atoms with Crippen molar-refractivity contribution in [1.82, 2.24) is 0 Å². The Labute approximate surface area is 194 Å². The van der Waals surface area contributed by atoms with Gasteiger partial charge in [0.2, 0.25) is 11.2 Å². The van der Waals surface area contributed by atoms with Crippen molar-refractivity contribution in [3.63, 3.8) is 0 Å². The van der Waals surface area contributed by atoms with E-state index in [9.17, 15) is 14.4 Å². The van der Waals surface area contributed by atoms with Crippen LogP contribution in [0, 0.1) is 0 Å². The van der Waals surface area contributed by atoms with Gasteiger partial charge in [-0.05, 0) is 54.1 Å². The lowest BCUT2D eigenvalue weighted by molar-refractivity contribution is 0.0592. The third kappa shape index (κ3) is 4.91. The summed E-state index contributed by atoms with van der Waals surface area (Å²) in [4.78, 5) is 35.9. The van der Waals surface area contributed by atoms with E-state index in [-0.39, 0.29) is 17.8 Å². The van der Waals surface area contributed by atoms with Crippen LogP contribution in [0.15, 0.2) is 82.2 Å². The van der Waals surface area contributed by atoms with Gasteiger partial charge in [-0.3, -0.25) is 4.79 Å². The van der Waals surface area contributed by atoms with Crippen LogP contribution in [-0.2, 0) is 16.1 Å². The molecule has 4 aromatic rings. The first-order valence-corrected chi connectivity index (χ1v) is 10.2. The molecule has 0 fully saturated rings. The van der Waals surface area contributed by atoms with Crippen LogP contribution >= 0.6 is 0 Å². The summed E-state index contributed by atoms with van der Waals surface area (Å²) in [7, 11) is 2.63. The minimum atomic E-state index is -0.465. The third-order valence-electron chi connectivity index (χ3n) is 5.00. The zero-order valence-electron chi connectivity index (χ0n) is 18.4. The summed E-state index contributed by atoms with van der Waals surface area (Å²) in [5.41, 5.74) is 1.68. The monoisotopic (exact) mass is 460 g/mol. The van der Waals surface area contributed by atoms with E-state index in [2.05, 4.69) is 9.47 Å². The first-order valence-electron chi connectivity index (χ1n) is 10.2. The molecule has 1 heterocycles. The Hall–Kier alpha value is -4.59. The zero-order valence-corrected chi connectivity index (χ0v) is 18.4. The molecule has 0 aliphatic heterocycles. The van der Waals surface area contributed by atoms with Crippen LogP contribution in [0.1, 0.15) is 26.3 Å². The maximum absolute atomic E-state index is 12.8. The van der Waals surface area contributed by atoms with Crippen LogP contribution in [0.5, 0.6) is 17.2 Å². The van der Waals surface area contributed by atoms with E-state index >= 15 is 0 Å². The van der Waals surface area contributed by atoms with Crippen molar-refractivity contribution in [2.24, 2.45) is 0 Å². The largest absolute Gasteiger partial charge is 0.489 e. The number of methoxy groups -OCH3 is 2. The van der Waals surface area contributed by atoms with Gasteiger partial charge in [-0.1, -0.05) is 12.1 Å². The van der Waals surface area contributed by atoms with E-state index in [1.807, 2.05) is 0 Å². The molecular weight excluding hydrogens is 440 g/mol. The number of hydrogen-bond donors (Lipinski definition) is 0. The van der Waals surface area contributed by atoms with E-state index in [1.54, 1.807) is 54.6 Å². The molecule has 0 aliphatic rings. The summed E-state index contributed by atoms with van der Waals surface area (Å²) in [6, 6.07) is 17.9. The molecule has 8 heteroatoms. The van der Waals surface area contributed by atoms with Gasteiger partial charge in [0, 0.05) is 6.07 Å². The number of carbonyl (C=O) groups excluding carboxylic acids is 2. The SMILES string of the molecule is COC(=O)c1ccc(COc2ccc3c(=O)c(Oc4ccc(C(=O)OC)cc4)coc3c2)cc1. The van der Waals surface area contributed by atoms with E-state index in [1.165, 1.54) is 32.6 Å². The van der Waals surface area contributed by atoms with Crippen LogP contribution in [-0.4, -0.2) is 26.2 Å². The molecule has 0 saturated heterocycles. The zero-order chi connectivity index (χ0) is 24.1. The number of fused-ring (bicyclic) bond motifs is 1. The number of carbonyl (C=O) groups is 2. The fraction of sp³-hybridized carbons (Fsp3) is 0.115. The molecule has 0 saturated carbocycles. The average molecular weight is 460 g/mol. The van der Waals surface area contributed by atoms with Crippen LogP contribution in [0.3, 0.4) is 0 Å². The smallest absolute Gasteiger partial charge is 0.337 e. The molecule has 0 atom stereocenters. The fourth-order valence-electron chi connectivity index (χ4n) is 3.18. The van der Waals surface area contributed by atoms with Crippen LogP contribution in [0.2, 0.25) is 0 Å². The van der Waals surface area contributed by atoms with Gasteiger partial charge in [-0.25, -0.2) is 9.59 Å². The van der Waals surface area contributed by atoms with Gasteiger partial charge in [-0.15, -0.1) is 0 Å². The van der Waals surface area contributed by atoms with Gasteiger partial charge in [0.25, 0.3) is 0 Å². The summed E-state index contributed by atoms with van der Waals surface area (Å²) >= 11 is 0. The Morgan fingerprint density at radius 2 is 1.38 bits per heavy atom. The second-order valence-electron chi connectivity index (χ2n) is 7.18. The van der Waals surface area contributed by atoms with Crippen molar-refractivity contribution in [3.05, 3.63) is 99.9 Å². The van der Waals surface area contributed by atoms with Crippen LogP contribution in [0.4, 0.5) is 0 Å². The molecule has 0 unspecified atom stereocenters. The molecule has 0 amide bonds. The predicted molar refractivity (Wildman–Crippen MR) is 122 cm³/mol. The number of ether oxygens (including phenoxy) is 4. The normalized spacial score (nSPS) is 10.5. The fourth-order valence-corrected chi connectivity index (χ4v) is 3.18. The molecular formula is C26H20O8. The van der Waals surface area contributed by atoms with Crippen molar-refractivity contribution in [3.8, 4) is 17.2 Å². The van der Waals surface area contributed by atoms with Crippen molar-refractivity contribution in [2.75, 3.05) is 14.2 Å². The molecule has 8 nitrogen and oxygen atoms in total. The molecule has 172 valence electrons. The summed E-state index contributed by atoms with van der Waals surface area (Å²) in [5, 5.41) is 0.332. The molecule has 4 rings (SSSR count). The minimum absolute atomic E-state index is 0.0117. The van der Waals surface area contributed by atoms with E-state index in [0.717, 1.165) is 5.56 Å². The van der Waals surface area contributed by atoms with E-state index < -0.39 is 11.9 Å². The second kappa shape index (κ2) is 9.91. The first-order chi connectivity index (χ1) is 16.5. The lowest BCUT2D eigenvalue weighted by atomic mass is 10.1. The molecule has 0 radical (unpaired) electrons. The first kappa shape index (κ1) is 22.6. The molecule has 0 aliphatic carbocycles. The van der Waals surface area contributed by atoms with Gasteiger partial charge in [-0.2, -0.15) is 0 Å². The number of esters is 2. The second-order valence-corrected chi connectivity index (χ2v) is 7.18. The maximum atomic E-state index is 12.8. The van der Waals surface area contributed by atoms with Crippen molar-refractivity contribution < 1.29 is 33.0 Å². The Kier molecular flexibility index (Phi) is 6.59. The van der Waals surface area contributed by atoms with Gasteiger partial charge in [0.1, 0.15) is 30.0 Å². The number of benzene rings is 3. The number of hydrogen-bond acceptors (Lipinski definition) is 8. The molecule has 0 bridgehead atoms. The van der Waals surface area contributed by atoms with Crippen LogP contribution in [0.25, 0.3) is 11.0 Å². The quantitative estimate of drug-likeness (QED) is 0.365. The third-order valence-corrected chi connectivity index (χ3v) is 5.00. The highest BCUT2D eigenvalue weighted by Gasteiger charge is 2.12. The van der Waals surface area contributed by atoms with Gasteiger partial charge in [0.15, 0.2) is 0 Å². The minimum Gasteiger partial charge on any atom is -0.489 e. The topological polar surface area (TPSA) is 101 Å². The highest BCUT2D eigenvalue weighted by Crippen LogP contribution is 2.25. The lowest BCUT2D eigenvalue weighted by Crippen LogP contribution is -2.05. The summed E-state index contributed by atoms with van der Waals surface area (Å²) in [6.45, 7) is 0.264. The maximum Gasteiger partial charge on any atom is 0.337 e. The summed E-state index contributed by atoms with van der Waals surface area (Å²) in [5.74, 6) is 0.0292. The molecule has 3 aromatic carbocycles. The van der Waals surface area contributed by atoms with Crippen LogP contribution < -0.4 is 14.9 Å². The van der Waals surface area contributed by atoms with Gasteiger partial charge < -0.3 is 23.4 Å². The Bertz CT molecular complexity index is 1390. The van der Waals surface area contributed by atoms with Crippen molar-refractivity contribution >= 4 is 22.9 Å². The van der Waals surface area contributed by atoms with E-state index in [4.69, 9.17) is 13.9 Å². The van der Waals surface area contributed by atoms with Crippen molar-refractivity contribution in [1.29, 1.82) is 0 Å². The van der Waals surface area contributed by atoms with E-state index in [0.29, 0.717) is 33.6 Å². The van der Waals surface area contributed by atoms with Gasteiger partial charge in [0.05, 0.1) is 30.7 Å². The standard InChI is InChI=1S/C26H20O8/c1-30-25(28)17-5-3-16(4-6-17)14-32-20-11-12-21-22(13-20)33-15-23(24(21)27)34-19-9-7-18(8-10-19)26(29)31-2/h3-13,15H,14H2,1-2H3. The average Bonchev–Trinajstić information content (AvgIpc) is 2.89. The Morgan fingerprint density at radius 3 is 2.00 bits per heavy atom. The van der Waals surface area contributed by atoms with Crippen molar-refractivity contribution in [2.45, 2.75) is 6.61 Å². The summed E-state index contributed by atoms with van der Waals surface area (Å²) < 4.78 is 26.4. The molecule has 0 spiro atoms. The lowest BCUT2D eigenvalue weighted by Gasteiger charge is -2.09. The molecule has 34 heavy (non-hydrogen) atoms.